The third-order valence-electron chi connectivity index (χ3n) is 2.52. The zero-order chi connectivity index (χ0) is 13.1. The summed E-state index contributed by atoms with van der Waals surface area (Å²) in [5.74, 6) is 0.317. The van der Waals surface area contributed by atoms with Gasteiger partial charge in [0.15, 0.2) is 11.6 Å². The van der Waals surface area contributed by atoms with Crippen LogP contribution in [0.3, 0.4) is 0 Å². The normalized spacial score (nSPS) is 10.4. The number of aryl methyl sites for hydroxylation is 1. The van der Waals surface area contributed by atoms with Crippen LogP contribution < -0.4 is 4.74 Å². The lowest BCUT2D eigenvalue weighted by Gasteiger charge is -2.08. The number of halogens is 2. The number of hydrogen-bond donors (Lipinski definition) is 0. The van der Waals surface area contributed by atoms with Gasteiger partial charge in [-0.1, -0.05) is 24.6 Å². The molecule has 1 aromatic heterocycles. The van der Waals surface area contributed by atoms with Crippen molar-refractivity contribution in [1.29, 1.82) is 0 Å². The van der Waals surface area contributed by atoms with Crippen LogP contribution in [0.4, 0.5) is 4.39 Å². The third-order valence-corrected chi connectivity index (χ3v) is 2.71. The molecule has 0 unspecified atom stereocenters. The van der Waals surface area contributed by atoms with Gasteiger partial charge in [-0.3, -0.25) is 0 Å². The molecular weight excluding hydrogens is 255 g/mol. The molecular formula is C13H12ClFN2O. The first-order chi connectivity index (χ1) is 8.65. The van der Waals surface area contributed by atoms with Crippen molar-refractivity contribution in [2.75, 3.05) is 7.11 Å². The average Bonchev–Trinajstić information content (AvgIpc) is 2.38. The Morgan fingerprint density at radius 3 is 2.78 bits per heavy atom. The van der Waals surface area contributed by atoms with Gasteiger partial charge in [0.25, 0.3) is 0 Å². The van der Waals surface area contributed by atoms with Crippen LogP contribution in [0.25, 0.3) is 11.3 Å². The predicted octanol–water partition coefficient (Wildman–Crippen LogP) is 3.51. The Balaban J connectivity index is 2.58. The Bertz CT molecular complexity index is 575. The summed E-state index contributed by atoms with van der Waals surface area (Å²) in [7, 11) is 1.42. The summed E-state index contributed by atoms with van der Waals surface area (Å²) in [6, 6.07) is 6.44. The fourth-order valence-corrected chi connectivity index (χ4v) is 1.83. The molecule has 18 heavy (non-hydrogen) atoms. The first-order valence-corrected chi connectivity index (χ1v) is 5.89. The molecule has 0 spiro atoms. The molecule has 2 aromatic rings. The third kappa shape index (κ3) is 2.43. The summed E-state index contributed by atoms with van der Waals surface area (Å²) in [5, 5.41) is 0.305. The second kappa shape index (κ2) is 5.31. The Hall–Kier alpha value is -1.68. The highest BCUT2D eigenvalue weighted by atomic mass is 35.5. The number of methoxy groups -OCH3 is 1. The number of benzene rings is 1. The highest BCUT2D eigenvalue weighted by Crippen LogP contribution is 2.28. The second-order valence-electron chi connectivity index (χ2n) is 3.67. The van der Waals surface area contributed by atoms with Gasteiger partial charge in [0.1, 0.15) is 11.0 Å². The molecule has 0 saturated carbocycles. The van der Waals surface area contributed by atoms with Crippen LogP contribution >= 0.6 is 11.6 Å². The summed E-state index contributed by atoms with van der Waals surface area (Å²) in [6.45, 7) is 1.91. The van der Waals surface area contributed by atoms with Crippen LogP contribution in [0, 0.1) is 5.82 Å². The van der Waals surface area contributed by atoms with E-state index in [1.807, 2.05) is 6.92 Å². The molecule has 2 rings (SSSR count). The molecule has 0 atom stereocenters. The van der Waals surface area contributed by atoms with E-state index in [1.54, 1.807) is 24.3 Å². The SMILES string of the molecule is CCc1nc(Cl)cc(-c2cccc(OC)c2F)n1. The predicted molar refractivity (Wildman–Crippen MR) is 68.4 cm³/mol. The molecule has 0 saturated heterocycles. The van der Waals surface area contributed by atoms with Gasteiger partial charge in [-0.15, -0.1) is 0 Å². The minimum atomic E-state index is -0.447. The van der Waals surface area contributed by atoms with Crippen molar-refractivity contribution >= 4 is 11.6 Å². The van der Waals surface area contributed by atoms with Crippen molar-refractivity contribution in [2.45, 2.75) is 13.3 Å². The molecule has 5 heteroatoms. The summed E-state index contributed by atoms with van der Waals surface area (Å²) < 4.78 is 19.0. The highest BCUT2D eigenvalue weighted by Gasteiger charge is 2.13. The van der Waals surface area contributed by atoms with E-state index in [0.29, 0.717) is 28.7 Å². The van der Waals surface area contributed by atoms with E-state index in [0.717, 1.165) is 0 Å². The molecule has 0 N–H and O–H groups in total. The quantitative estimate of drug-likeness (QED) is 0.798. The van der Waals surface area contributed by atoms with Crippen molar-refractivity contribution in [3.63, 3.8) is 0 Å². The number of hydrogen-bond acceptors (Lipinski definition) is 3. The molecule has 3 nitrogen and oxygen atoms in total. The maximum Gasteiger partial charge on any atom is 0.174 e. The summed E-state index contributed by atoms with van der Waals surface area (Å²) in [4.78, 5) is 8.32. The largest absolute Gasteiger partial charge is 0.494 e. The van der Waals surface area contributed by atoms with Gasteiger partial charge in [0, 0.05) is 18.1 Å². The van der Waals surface area contributed by atoms with Gasteiger partial charge in [-0.25, -0.2) is 14.4 Å². The van der Waals surface area contributed by atoms with Crippen LogP contribution in [0.1, 0.15) is 12.7 Å². The maximum absolute atomic E-state index is 14.1. The second-order valence-corrected chi connectivity index (χ2v) is 4.05. The lowest BCUT2D eigenvalue weighted by molar-refractivity contribution is 0.387. The molecule has 0 aliphatic rings. The minimum absolute atomic E-state index is 0.181. The number of ether oxygens (including phenoxy) is 1. The average molecular weight is 267 g/mol. The molecule has 0 bridgehead atoms. The number of rotatable bonds is 3. The molecule has 0 aliphatic heterocycles. The van der Waals surface area contributed by atoms with Gasteiger partial charge in [0.05, 0.1) is 12.8 Å². The van der Waals surface area contributed by atoms with E-state index in [-0.39, 0.29) is 5.75 Å². The van der Waals surface area contributed by atoms with Crippen LogP contribution in [-0.4, -0.2) is 17.1 Å². The molecule has 1 heterocycles. The molecule has 0 fully saturated rings. The Kier molecular flexibility index (Phi) is 3.77. The van der Waals surface area contributed by atoms with Gasteiger partial charge in [0.2, 0.25) is 0 Å². The van der Waals surface area contributed by atoms with Crippen molar-refractivity contribution in [2.24, 2.45) is 0 Å². The first kappa shape index (κ1) is 12.8. The Labute approximate surface area is 110 Å². The highest BCUT2D eigenvalue weighted by molar-refractivity contribution is 6.29. The van der Waals surface area contributed by atoms with Crippen molar-refractivity contribution in [3.05, 3.63) is 41.1 Å². The Morgan fingerprint density at radius 2 is 2.11 bits per heavy atom. The standard InChI is InChI=1S/C13H12ClFN2O/c1-3-12-16-9(7-11(14)17-12)8-5-4-6-10(18-2)13(8)15/h4-7H,3H2,1-2H3. The van der Waals surface area contributed by atoms with Crippen LogP contribution in [-0.2, 0) is 6.42 Å². The van der Waals surface area contributed by atoms with E-state index >= 15 is 0 Å². The van der Waals surface area contributed by atoms with Crippen molar-refractivity contribution in [3.8, 4) is 17.0 Å². The summed E-state index contributed by atoms with van der Waals surface area (Å²) in [6.07, 6.45) is 0.638. The number of nitrogens with zero attached hydrogens (tertiary/aromatic N) is 2. The van der Waals surface area contributed by atoms with E-state index < -0.39 is 5.82 Å². The van der Waals surface area contributed by atoms with Crippen molar-refractivity contribution < 1.29 is 9.13 Å². The van der Waals surface area contributed by atoms with Gasteiger partial charge >= 0.3 is 0 Å². The smallest absolute Gasteiger partial charge is 0.174 e. The van der Waals surface area contributed by atoms with E-state index in [4.69, 9.17) is 16.3 Å². The van der Waals surface area contributed by atoms with E-state index in [9.17, 15) is 4.39 Å². The molecule has 0 amide bonds. The fraction of sp³-hybridized carbons (Fsp3) is 0.231. The number of aromatic nitrogens is 2. The molecule has 94 valence electrons. The lowest BCUT2D eigenvalue weighted by Crippen LogP contribution is -1.98. The van der Waals surface area contributed by atoms with Gasteiger partial charge in [-0.05, 0) is 12.1 Å². The first-order valence-electron chi connectivity index (χ1n) is 5.52. The molecule has 0 radical (unpaired) electrons. The van der Waals surface area contributed by atoms with Gasteiger partial charge in [-0.2, -0.15) is 0 Å². The van der Waals surface area contributed by atoms with E-state index in [2.05, 4.69) is 9.97 Å². The summed E-state index contributed by atoms with van der Waals surface area (Å²) >= 11 is 5.90. The van der Waals surface area contributed by atoms with Crippen molar-refractivity contribution in [1.82, 2.24) is 9.97 Å². The minimum Gasteiger partial charge on any atom is -0.494 e. The zero-order valence-electron chi connectivity index (χ0n) is 10.1. The molecule has 0 aliphatic carbocycles. The monoisotopic (exact) mass is 266 g/mol. The molecule has 1 aromatic carbocycles. The fourth-order valence-electron chi connectivity index (χ4n) is 1.63. The van der Waals surface area contributed by atoms with Crippen LogP contribution in [0.2, 0.25) is 5.15 Å². The van der Waals surface area contributed by atoms with Crippen LogP contribution in [0.5, 0.6) is 5.75 Å². The lowest BCUT2D eigenvalue weighted by atomic mass is 10.1. The zero-order valence-corrected chi connectivity index (χ0v) is 10.8. The summed E-state index contributed by atoms with van der Waals surface area (Å²) in [5.41, 5.74) is 0.816. The topological polar surface area (TPSA) is 35.0 Å². The van der Waals surface area contributed by atoms with Crippen LogP contribution in [0.15, 0.2) is 24.3 Å². The maximum atomic E-state index is 14.1. The van der Waals surface area contributed by atoms with Gasteiger partial charge < -0.3 is 4.74 Å². The Morgan fingerprint density at radius 1 is 1.33 bits per heavy atom. The van der Waals surface area contributed by atoms with E-state index in [1.165, 1.54) is 7.11 Å².